The lowest BCUT2D eigenvalue weighted by Crippen LogP contribution is -2.60. The van der Waals surface area contributed by atoms with E-state index in [9.17, 15) is 34.9 Å². The van der Waals surface area contributed by atoms with Gasteiger partial charge in [-0.3, -0.25) is 10.1 Å². The molecule has 2 unspecified atom stereocenters. The Hall–Kier alpha value is -3.09. The van der Waals surface area contributed by atoms with Gasteiger partial charge in [0.25, 0.3) is 5.69 Å². The number of fused-ring (bicyclic) bond motifs is 1. The van der Waals surface area contributed by atoms with Crippen molar-refractivity contribution in [1.82, 2.24) is 4.57 Å². The molecule has 1 aliphatic heterocycles. The third-order valence-corrected chi connectivity index (χ3v) is 5.17. The van der Waals surface area contributed by atoms with Crippen molar-refractivity contribution in [2.45, 2.75) is 30.7 Å². The van der Waals surface area contributed by atoms with Crippen LogP contribution in [-0.4, -0.2) is 67.2 Å². The predicted molar refractivity (Wildman–Crippen MR) is 104 cm³/mol. The van der Waals surface area contributed by atoms with Crippen LogP contribution in [0.4, 0.5) is 10.1 Å². The molecule has 0 aliphatic carbocycles. The average Bonchev–Trinajstić information content (AvgIpc) is 3.18. The maximum atomic E-state index is 14.7. The van der Waals surface area contributed by atoms with Crippen LogP contribution in [0.25, 0.3) is 16.6 Å². The second-order valence-corrected chi connectivity index (χ2v) is 7.12. The molecule has 3 aromatic rings. The Morgan fingerprint density at radius 2 is 1.87 bits per heavy atom. The Morgan fingerprint density at radius 3 is 2.55 bits per heavy atom. The van der Waals surface area contributed by atoms with Crippen molar-refractivity contribution in [2.24, 2.45) is 0 Å². The van der Waals surface area contributed by atoms with Gasteiger partial charge in [0.05, 0.1) is 17.0 Å². The van der Waals surface area contributed by atoms with Gasteiger partial charge in [-0.2, -0.15) is 0 Å². The summed E-state index contributed by atoms with van der Waals surface area (Å²) in [4.78, 5) is 10.4. The molecule has 11 heteroatoms. The summed E-state index contributed by atoms with van der Waals surface area (Å²) in [5.74, 6) is -1.07. The topological polar surface area (TPSA) is 147 Å². The second kappa shape index (κ2) is 8.21. The van der Waals surface area contributed by atoms with E-state index in [2.05, 4.69) is 0 Å². The van der Waals surface area contributed by atoms with Gasteiger partial charge in [0.1, 0.15) is 24.4 Å². The van der Waals surface area contributed by atoms with Gasteiger partial charge in [-0.05, 0) is 24.3 Å². The second-order valence-electron chi connectivity index (χ2n) is 7.12. The fourth-order valence-electron chi connectivity index (χ4n) is 3.49. The average molecular weight is 434 g/mol. The summed E-state index contributed by atoms with van der Waals surface area (Å²) in [5, 5.41) is 50.5. The largest absolute Gasteiger partial charge is 0.459 e. The number of ether oxygens (including phenoxy) is 2. The first-order valence-corrected chi connectivity index (χ1v) is 9.32. The summed E-state index contributed by atoms with van der Waals surface area (Å²) in [6, 6.07) is 9.99. The standard InChI is InChI=1S/C20H19FN2O8/c21-13-8-11(22-6-5-10-7-12(23(28)29)1-3-14(10)22)2-4-15(13)30-20-19(27)18(26)17(25)16(9-24)31-20/h1-8,16-20,24-27H,9H2/t16-,17-,18?,19?,20+/m1/s1. The number of nitro benzene ring substituents is 1. The van der Waals surface area contributed by atoms with E-state index >= 15 is 0 Å². The number of non-ortho nitro benzene ring substituents is 1. The predicted octanol–water partition coefficient (Wildman–Crippen LogP) is 0.856. The number of hydrogen-bond donors (Lipinski definition) is 4. The van der Waals surface area contributed by atoms with Crippen molar-refractivity contribution in [2.75, 3.05) is 6.61 Å². The quantitative estimate of drug-likeness (QED) is 0.341. The summed E-state index contributed by atoms with van der Waals surface area (Å²) in [6.45, 7) is -0.634. The SMILES string of the molecule is O=[N+]([O-])c1ccc2c(ccn2-c2ccc(O[C@H]3O[C@H](CO)[C@@H](O)C(O)C3O)c(F)c2)c1. The van der Waals surface area contributed by atoms with E-state index in [1.807, 2.05) is 0 Å². The maximum Gasteiger partial charge on any atom is 0.270 e. The third kappa shape index (κ3) is 3.84. The van der Waals surface area contributed by atoms with Crippen LogP contribution in [0.2, 0.25) is 0 Å². The molecule has 10 nitrogen and oxygen atoms in total. The molecule has 0 radical (unpaired) electrons. The van der Waals surface area contributed by atoms with Gasteiger partial charge in [0.2, 0.25) is 6.29 Å². The molecule has 2 aromatic carbocycles. The van der Waals surface area contributed by atoms with E-state index in [0.29, 0.717) is 16.6 Å². The zero-order valence-corrected chi connectivity index (χ0v) is 15.9. The number of aromatic nitrogens is 1. The Morgan fingerprint density at radius 1 is 1.10 bits per heavy atom. The molecule has 1 fully saturated rings. The van der Waals surface area contributed by atoms with E-state index in [4.69, 9.17) is 9.47 Å². The molecule has 4 rings (SSSR count). The van der Waals surface area contributed by atoms with Gasteiger partial charge < -0.3 is 34.5 Å². The molecule has 31 heavy (non-hydrogen) atoms. The minimum absolute atomic E-state index is 0.0558. The summed E-state index contributed by atoms with van der Waals surface area (Å²) in [7, 11) is 0. The highest BCUT2D eigenvalue weighted by atomic mass is 19.1. The van der Waals surface area contributed by atoms with Crippen molar-refractivity contribution in [3.05, 3.63) is 64.6 Å². The Labute approximate surface area is 174 Å². The van der Waals surface area contributed by atoms with Crippen molar-refractivity contribution >= 4 is 16.6 Å². The Kier molecular flexibility index (Phi) is 5.60. The summed E-state index contributed by atoms with van der Waals surface area (Å²) < 4.78 is 26.9. The lowest BCUT2D eigenvalue weighted by Gasteiger charge is -2.39. The number of nitro groups is 1. The van der Waals surface area contributed by atoms with Crippen LogP contribution in [0.5, 0.6) is 5.75 Å². The molecule has 0 saturated carbocycles. The van der Waals surface area contributed by atoms with Gasteiger partial charge in [0.15, 0.2) is 11.6 Å². The van der Waals surface area contributed by atoms with Gasteiger partial charge in [-0.25, -0.2) is 4.39 Å². The van der Waals surface area contributed by atoms with Crippen LogP contribution >= 0.6 is 0 Å². The Balaban J connectivity index is 1.59. The number of benzene rings is 2. The van der Waals surface area contributed by atoms with Crippen LogP contribution < -0.4 is 4.74 Å². The van der Waals surface area contributed by atoms with Crippen LogP contribution in [0.3, 0.4) is 0 Å². The molecular formula is C20H19FN2O8. The number of halogens is 1. The van der Waals surface area contributed by atoms with E-state index in [0.717, 1.165) is 0 Å². The summed E-state index contributed by atoms with van der Waals surface area (Å²) in [6.07, 6.45) is -5.91. The first-order chi connectivity index (χ1) is 14.8. The molecule has 5 atom stereocenters. The number of rotatable bonds is 5. The first-order valence-electron chi connectivity index (χ1n) is 9.32. The number of aliphatic hydroxyl groups excluding tert-OH is 4. The number of nitrogens with zero attached hydrogens (tertiary/aromatic N) is 2. The van der Waals surface area contributed by atoms with Gasteiger partial charge >= 0.3 is 0 Å². The smallest absolute Gasteiger partial charge is 0.270 e. The molecule has 1 aliphatic rings. The zero-order valence-electron chi connectivity index (χ0n) is 15.9. The van der Waals surface area contributed by atoms with Crippen LogP contribution in [0.1, 0.15) is 0 Å². The maximum absolute atomic E-state index is 14.7. The Bertz CT molecular complexity index is 1120. The van der Waals surface area contributed by atoms with Crippen LogP contribution in [0.15, 0.2) is 48.7 Å². The summed E-state index contributed by atoms with van der Waals surface area (Å²) in [5.41, 5.74) is 0.995. The van der Waals surface area contributed by atoms with Gasteiger partial charge in [0, 0.05) is 35.5 Å². The highest BCUT2D eigenvalue weighted by Crippen LogP contribution is 2.29. The van der Waals surface area contributed by atoms with E-state index in [1.165, 1.54) is 30.3 Å². The molecule has 0 amide bonds. The van der Waals surface area contributed by atoms with Crippen molar-refractivity contribution in [1.29, 1.82) is 0 Å². The molecule has 1 saturated heterocycles. The van der Waals surface area contributed by atoms with Crippen molar-refractivity contribution in [3.8, 4) is 11.4 Å². The van der Waals surface area contributed by atoms with Gasteiger partial charge in [-0.1, -0.05) is 0 Å². The molecule has 4 N–H and O–H groups in total. The third-order valence-electron chi connectivity index (χ3n) is 5.17. The van der Waals surface area contributed by atoms with E-state index in [1.54, 1.807) is 22.9 Å². The zero-order chi connectivity index (χ0) is 22.3. The molecule has 0 bridgehead atoms. The number of hydrogen-bond acceptors (Lipinski definition) is 8. The first kappa shape index (κ1) is 21.2. The molecule has 1 aromatic heterocycles. The fraction of sp³-hybridized carbons (Fsp3) is 0.300. The lowest BCUT2D eigenvalue weighted by atomic mass is 9.99. The van der Waals surface area contributed by atoms with Gasteiger partial charge in [-0.15, -0.1) is 0 Å². The van der Waals surface area contributed by atoms with Crippen molar-refractivity contribution < 1.29 is 39.2 Å². The van der Waals surface area contributed by atoms with E-state index < -0.39 is 48.1 Å². The number of aliphatic hydroxyl groups is 4. The van der Waals surface area contributed by atoms with Crippen LogP contribution in [0, 0.1) is 15.9 Å². The molecule has 2 heterocycles. The van der Waals surface area contributed by atoms with E-state index in [-0.39, 0.29) is 11.4 Å². The molecular weight excluding hydrogens is 415 g/mol. The summed E-state index contributed by atoms with van der Waals surface area (Å²) >= 11 is 0. The van der Waals surface area contributed by atoms with Crippen molar-refractivity contribution in [3.63, 3.8) is 0 Å². The molecule has 164 valence electrons. The highest BCUT2D eigenvalue weighted by Gasteiger charge is 2.44. The molecule has 0 spiro atoms. The fourth-order valence-corrected chi connectivity index (χ4v) is 3.49. The minimum atomic E-state index is -1.67. The highest BCUT2D eigenvalue weighted by molar-refractivity contribution is 5.84. The van der Waals surface area contributed by atoms with Crippen LogP contribution in [-0.2, 0) is 4.74 Å². The normalized spacial score (nSPS) is 26.2. The lowest BCUT2D eigenvalue weighted by molar-refractivity contribution is -0.384. The minimum Gasteiger partial charge on any atom is -0.459 e. The monoisotopic (exact) mass is 434 g/mol.